The van der Waals surface area contributed by atoms with E-state index in [0.717, 1.165) is 25.0 Å². The molecule has 2 fully saturated rings. The average molecular weight is 429 g/mol. The molecule has 29 heavy (non-hydrogen) atoms. The predicted molar refractivity (Wildman–Crippen MR) is 108 cm³/mol. The lowest BCUT2D eigenvalue weighted by Crippen LogP contribution is -2.36. The van der Waals surface area contributed by atoms with Gasteiger partial charge in [-0.15, -0.1) is 0 Å². The van der Waals surface area contributed by atoms with E-state index in [4.69, 9.17) is 10.2 Å². The number of rotatable bonds is 13. The number of hydrogen-bond acceptors (Lipinski definition) is 6. The molecular formula is C18H28N4O6S. The lowest BCUT2D eigenvalue weighted by atomic mass is 10.0. The van der Waals surface area contributed by atoms with Gasteiger partial charge in [-0.3, -0.25) is 14.4 Å². The van der Waals surface area contributed by atoms with Crippen LogP contribution in [0.5, 0.6) is 0 Å². The molecule has 10 nitrogen and oxygen atoms in total. The van der Waals surface area contributed by atoms with Crippen LogP contribution < -0.4 is 16.0 Å². The summed E-state index contributed by atoms with van der Waals surface area (Å²) in [6.45, 7) is 3.09. The highest BCUT2D eigenvalue weighted by Gasteiger charge is 2.42. The summed E-state index contributed by atoms with van der Waals surface area (Å²) < 4.78 is 0. The van der Waals surface area contributed by atoms with Gasteiger partial charge in [-0.1, -0.05) is 13.0 Å². The molecule has 11 heteroatoms. The van der Waals surface area contributed by atoms with E-state index in [1.807, 2.05) is 11.8 Å². The van der Waals surface area contributed by atoms with Gasteiger partial charge in [0.05, 0.1) is 12.1 Å². The minimum absolute atomic E-state index is 0.100. The predicted octanol–water partition coefficient (Wildman–Crippen LogP) is 0.203. The lowest BCUT2D eigenvalue weighted by molar-refractivity contribution is -0.141. The third-order valence-corrected chi connectivity index (χ3v) is 6.42. The van der Waals surface area contributed by atoms with Crippen molar-refractivity contribution < 1.29 is 29.4 Å². The fraction of sp³-hybridized carbons (Fsp3) is 0.667. The highest BCUT2D eigenvalue weighted by atomic mass is 32.2. The third-order valence-electron chi connectivity index (χ3n) is 4.92. The lowest BCUT2D eigenvalue weighted by Gasteiger charge is -2.23. The number of unbranched alkanes of at least 4 members (excludes halogenated alkanes) is 1. The van der Waals surface area contributed by atoms with Crippen molar-refractivity contribution in [3.8, 4) is 0 Å². The van der Waals surface area contributed by atoms with Crippen molar-refractivity contribution in [3.05, 3.63) is 12.3 Å². The molecule has 2 aliphatic rings. The van der Waals surface area contributed by atoms with Crippen molar-refractivity contribution in [1.82, 2.24) is 20.9 Å². The number of nitrogens with one attached hydrogen (secondary N) is 3. The summed E-state index contributed by atoms with van der Waals surface area (Å²) >= 11 is 1.85. The van der Waals surface area contributed by atoms with Gasteiger partial charge in [0, 0.05) is 36.1 Å². The molecule has 0 aromatic rings. The van der Waals surface area contributed by atoms with E-state index in [-0.39, 0.29) is 37.0 Å². The van der Waals surface area contributed by atoms with Crippen LogP contribution in [0.1, 0.15) is 32.1 Å². The Morgan fingerprint density at radius 1 is 1.14 bits per heavy atom. The molecule has 0 spiro atoms. The first-order valence-corrected chi connectivity index (χ1v) is 10.6. The standard InChI is InChI=1S/C18H28N4O6S/c1-11(22(8-15(24)25)9-16(26)27)6-7-19-14(23)5-3-2-4-13-17-12(10-29-13)20-18(28)21-17/h12-13,17H,1-10H2,(H,19,23)(H,24,25)(H,26,27)(H2,20,21,28). The molecule has 2 heterocycles. The quantitative estimate of drug-likeness (QED) is 0.206. The van der Waals surface area contributed by atoms with Crippen molar-refractivity contribution in [1.29, 1.82) is 0 Å². The summed E-state index contributed by atoms with van der Waals surface area (Å²) in [5.74, 6) is -1.47. The maximum atomic E-state index is 12.0. The molecule has 5 N–H and O–H groups in total. The van der Waals surface area contributed by atoms with Gasteiger partial charge in [0.25, 0.3) is 0 Å². The molecule has 3 amide bonds. The highest BCUT2D eigenvalue weighted by Crippen LogP contribution is 2.33. The number of aliphatic carboxylic acids is 2. The minimum Gasteiger partial charge on any atom is -0.480 e. The van der Waals surface area contributed by atoms with Crippen molar-refractivity contribution >= 4 is 35.6 Å². The molecule has 0 saturated carbocycles. The van der Waals surface area contributed by atoms with Gasteiger partial charge in [0.1, 0.15) is 13.1 Å². The summed E-state index contributed by atoms with van der Waals surface area (Å²) in [5, 5.41) is 26.7. The fourth-order valence-corrected chi connectivity index (χ4v) is 5.02. The van der Waals surface area contributed by atoms with Crippen molar-refractivity contribution in [3.63, 3.8) is 0 Å². The van der Waals surface area contributed by atoms with Crippen LogP contribution in [0.3, 0.4) is 0 Å². The molecule has 162 valence electrons. The first-order chi connectivity index (χ1) is 13.8. The van der Waals surface area contributed by atoms with Gasteiger partial charge in [-0.05, 0) is 12.8 Å². The Morgan fingerprint density at radius 2 is 1.83 bits per heavy atom. The van der Waals surface area contributed by atoms with Crippen LogP contribution in [0, 0.1) is 0 Å². The first-order valence-electron chi connectivity index (χ1n) is 9.58. The maximum absolute atomic E-state index is 12.0. The number of carbonyl (C=O) groups is 4. The van der Waals surface area contributed by atoms with Crippen LogP contribution in [0.4, 0.5) is 4.79 Å². The summed E-state index contributed by atoms with van der Waals surface area (Å²) in [5.41, 5.74) is 0.357. The molecule has 0 aromatic heterocycles. The maximum Gasteiger partial charge on any atom is 0.323 e. The number of nitrogens with zero attached hydrogens (tertiary/aromatic N) is 1. The number of carboxylic acids is 2. The Labute approximate surface area is 173 Å². The molecule has 2 rings (SSSR count). The van der Waals surface area contributed by atoms with E-state index in [9.17, 15) is 19.2 Å². The summed E-state index contributed by atoms with van der Waals surface area (Å²) in [7, 11) is 0. The van der Waals surface area contributed by atoms with Crippen LogP contribution in [0.15, 0.2) is 12.3 Å². The van der Waals surface area contributed by atoms with Gasteiger partial charge in [0.15, 0.2) is 0 Å². The largest absolute Gasteiger partial charge is 0.480 e. The van der Waals surface area contributed by atoms with E-state index >= 15 is 0 Å². The molecule has 0 radical (unpaired) electrons. The Morgan fingerprint density at radius 3 is 2.48 bits per heavy atom. The normalized spacial score (nSPS) is 22.3. The number of amides is 3. The Balaban J connectivity index is 1.58. The van der Waals surface area contributed by atoms with Gasteiger partial charge in [-0.25, -0.2) is 4.79 Å². The molecule has 0 bridgehead atoms. The zero-order valence-corrected chi connectivity index (χ0v) is 17.0. The van der Waals surface area contributed by atoms with Crippen molar-refractivity contribution in [2.24, 2.45) is 0 Å². The SMILES string of the molecule is C=C(CCNC(=O)CCCCC1SCC2NC(=O)NC21)N(CC(=O)O)CC(=O)O. The second-order valence-corrected chi connectivity index (χ2v) is 8.45. The third kappa shape index (κ3) is 7.48. The summed E-state index contributed by atoms with van der Waals surface area (Å²) in [6, 6.07) is 0.277. The van der Waals surface area contributed by atoms with E-state index in [1.54, 1.807) is 0 Å². The van der Waals surface area contributed by atoms with Gasteiger partial charge in [0.2, 0.25) is 5.91 Å². The Kier molecular flexibility index (Phi) is 8.62. The van der Waals surface area contributed by atoms with Crippen LogP contribution in [-0.2, 0) is 14.4 Å². The Hall–Kier alpha value is -2.43. The number of thioether (sulfide) groups is 1. The smallest absolute Gasteiger partial charge is 0.323 e. The van der Waals surface area contributed by atoms with Crippen LogP contribution >= 0.6 is 11.8 Å². The van der Waals surface area contributed by atoms with Crippen LogP contribution in [0.25, 0.3) is 0 Å². The van der Waals surface area contributed by atoms with E-state index in [1.165, 1.54) is 4.90 Å². The molecule has 0 aromatic carbocycles. The number of carbonyl (C=O) groups excluding carboxylic acids is 2. The second-order valence-electron chi connectivity index (χ2n) is 7.18. The summed E-state index contributed by atoms with van der Waals surface area (Å²) in [6.07, 6.45) is 3.24. The summed E-state index contributed by atoms with van der Waals surface area (Å²) in [4.78, 5) is 46.1. The average Bonchev–Trinajstić information content (AvgIpc) is 3.16. The molecular weight excluding hydrogens is 400 g/mol. The molecule has 0 aliphatic carbocycles. The molecule has 2 saturated heterocycles. The van der Waals surface area contributed by atoms with E-state index < -0.39 is 25.0 Å². The highest BCUT2D eigenvalue weighted by molar-refractivity contribution is 8.00. The van der Waals surface area contributed by atoms with Gasteiger partial charge in [-0.2, -0.15) is 11.8 Å². The van der Waals surface area contributed by atoms with Crippen molar-refractivity contribution in [2.75, 3.05) is 25.4 Å². The monoisotopic (exact) mass is 428 g/mol. The zero-order valence-electron chi connectivity index (χ0n) is 16.2. The van der Waals surface area contributed by atoms with Gasteiger partial charge >= 0.3 is 18.0 Å². The number of carboxylic acid groups (broad SMARTS) is 2. The number of fused-ring (bicyclic) bond motifs is 1. The number of hydrogen-bond donors (Lipinski definition) is 5. The second kappa shape index (κ2) is 10.9. The number of urea groups is 1. The minimum atomic E-state index is -1.14. The van der Waals surface area contributed by atoms with E-state index in [2.05, 4.69) is 22.5 Å². The van der Waals surface area contributed by atoms with Crippen molar-refractivity contribution in [2.45, 2.75) is 49.4 Å². The molecule has 3 atom stereocenters. The first kappa shape index (κ1) is 22.9. The molecule has 3 unspecified atom stereocenters. The topological polar surface area (TPSA) is 148 Å². The molecule has 2 aliphatic heterocycles. The van der Waals surface area contributed by atoms with E-state index in [0.29, 0.717) is 17.4 Å². The van der Waals surface area contributed by atoms with Crippen LogP contribution in [-0.4, -0.2) is 81.7 Å². The fourth-order valence-electron chi connectivity index (χ4n) is 3.47. The Bertz CT molecular complexity index is 642. The zero-order chi connectivity index (χ0) is 21.4. The van der Waals surface area contributed by atoms with Crippen LogP contribution in [0.2, 0.25) is 0 Å². The van der Waals surface area contributed by atoms with Gasteiger partial charge < -0.3 is 31.1 Å².